The van der Waals surface area contributed by atoms with Crippen LogP contribution in [0.15, 0.2) is 77.8 Å². The van der Waals surface area contributed by atoms with Crippen molar-refractivity contribution in [3.63, 3.8) is 0 Å². The lowest BCUT2D eigenvalue weighted by Gasteiger charge is -2.27. The van der Waals surface area contributed by atoms with E-state index in [1.54, 1.807) is 53.4 Å². The van der Waals surface area contributed by atoms with E-state index in [0.29, 0.717) is 45.5 Å². The van der Waals surface area contributed by atoms with Crippen LogP contribution in [-0.4, -0.2) is 67.7 Å². The molecule has 0 aliphatic rings. The van der Waals surface area contributed by atoms with Crippen LogP contribution in [0.5, 0.6) is 11.5 Å². The van der Waals surface area contributed by atoms with Crippen molar-refractivity contribution in [3.05, 3.63) is 84.1 Å². The number of furan rings is 1. The summed E-state index contributed by atoms with van der Waals surface area (Å²) >= 11 is 6.29. The van der Waals surface area contributed by atoms with Crippen LogP contribution >= 0.6 is 11.6 Å². The lowest BCUT2D eigenvalue weighted by Crippen LogP contribution is -2.39. The van der Waals surface area contributed by atoms with Gasteiger partial charge in [-0.1, -0.05) is 43.4 Å². The molecule has 0 saturated carbocycles. The fourth-order valence-corrected chi connectivity index (χ4v) is 7.46. The van der Waals surface area contributed by atoms with Gasteiger partial charge in [-0.2, -0.15) is 0 Å². The summed E-state index contributed by atoms with van der Waals surface area (Å²) in [5, 5.41) is 9.33. The van der Waals surface area contributed by atoms with Gasteiger partial charge < -0.3 is 13.9 Å². The summed E-state index contributed by atoms with van der Waals surface area (Å²) in [5.74, 6) is 1.43. The van der Waals surface area contributed by atoms with Gasteiger partial charge in [0.25, 0.3) is 0 Å². The molecule has 0 N–H and O–H groups in total. The molecule has 0 saturated heterocycles. The van der Waals surface area contributed by atoms with Gasteiger partial charge in [-0.3, -0.25) is 14.5 Å². The fourth-order valence-electron chi connectivity index (χ4n) is 4.84. The van der Waals surface area contributed by atoms with E-state index in [9.17, 15) is 8.42 Å². The van der Waals surface area contributed by atoms with Crippen molar-refractivity contribution in [3.8, 4) is 39.9 Å². The number of halogens is 1. The van der Waals surface area contributed by atoms with Gasteiger partial charge in [-0.05, 0) is 42.4 Å². The molecule has 0 spiro atoms. The van der Waals surface area contributed by atoms with E-state index < -0.39 is 18.1 Å². The average Bonchev–Trinajstić information content (AvgIpc) is 3.70. The molecular formula is C31H35ClN6O5SSi. The highest BCUT2D eigenvalue weighted by Gasteiger charge is 2.33. The number of hydrogen-bond donors (Lipinski definition) is 0. The van der Waals surface area contributed by atoms with Crippen LogP contribution in [0.1, 0.15) is 5.69 Å². The van der Waals surface area contributed by atoms with Gasteiger partial charge in [0.05, 0.1) is 31.3 Å². The molecule has 4 heterocycles. The molecule has 0 bridgehead atoms. The van der Waals surface area contributed by atoms with E-state index in [1.807, 2.05) is 12.1 Å². The highest BCUT2D eigenvalue weighted by Crippen LogP contribution is 2.39. The second-order valence-corrected chi connectivity index (χ2v) is 19.6. The zero-order valence-electron chi connectivity index (χ0n) is 25.8. The van der Waals surface area contributed by atoms with Crippen molar-refractivity contribution in [2.24, 2.45) is 0 Å². The standard InChI is InChI=1S/C31H35ClN6O5SSi/c1-41-26-10-6-11-27(42-2)29(26)38-30(28-12-8-16-43-28)35-36-31(38)37(15-18-45(3,4)5)44(39,40)17-13-25-24(19-23(32)21-34-25)22-9-7-14-33-20-22/h6-12,14,16,19-21H,13,15,17-18H2,1-5H3. The minimum Gasteiger partial charge on any atom is -0.494 e. The molecule has 5 aromatic rings. The second kappa shape index (κ2) is 13.4. The first-order valence-corrected chi connectivity index (χ1v) is 20.0. The summed E-state index contributed by atoms with van der Waals surface area (Å²) in [4.78, 5) is 8.72. The summed E-state index contributed by atoms with van der Waals surface area (Å²) in [5.41, 5.74) is 2.55. The van der Waals surface area contributed by atoms with E-state index in [4.69, 9.17) is 25.5 Å². The van der Waals surface area contributed by atoms with Gasteiger partial charge in [-0.25, -0.2) is 12.7 Å². The number of nitrogens with zero attached hydrogens (tertiary/aromatic N) is 6. The summed E-state index contributed by atoms with van der Waals surface area (Å²) < 4.78 is 49.0. The van der Waals surface area contributed by atoms with Crippen molar-refractivity contribution in [1.29, 1.82) is 0 Å². The quantitative estimate of drug-likeness (QED) is 0.132. The van der Waals surface area contributed by atoms with Crippen molar-refractivity contribution in [2.45, 2.75) is 32.1 Å². The summed E-state index contributed by atoms with van der Waals surface area (Å²) in [6.45, 7) is 6.78. The predicted octanol–water partition coefficient (Wildman–Crippen LogP) is 6.37. The van der Waals surface area contributed by atoms with Gasteiger partial charge in [0.2, 0.25) is 21.8 Å². The van der Waals surface area contributed by atoms with E-state index in [-0.39, 0.29) is 24.7 Å². The number of rotatable bonds is 13. The Hall–Kier alpha value is -4.20. The number of anilines is 1. The molecule has 11 nitrogen and oxygen atoms in total. The zero-order chi connectivity index (χ0) is 32.2. The highest BCUT2D eigenvalue weighted by atomic mass is 35.5. The van der Waals surface area contributed by atoms with Crippen LogP contribution < -0.4 is 13.8 Å². The molecule has 0 aliphatic carbocycles. The minimum absolute atomic E-state index is 0.0963. The van der Waals surface area contributed by atoms with E-state index in [0.717, 1.165) is 11.1 Å². The number of para-hydroxylation sites is 1. The number of hydrogen-bond acceptors (Lipinski definition) is 9. The largest absolute Gasteiger partial charge is 0.494 e. The molecule has 4 aromatic heterocycles. The average molecular weight is 667 g/mol. The van der Waals surface area contributed by atoms with E-state index in [1.165, 1.54) is 31.0 Å². The molecule has 0 radical (unpaired) electrons. The maximum absolute atomic E-state index is 14.4. The van der Waals surface area contributed by atoms with Crippen LogP contribution in [-0.2, 0) is 16.4 Å². The number of ether oxygens (including phenoxy) is 2. The molecule has 0 aliphatic heterocycles. The van der Waals surface area contributed by atoms with Crippen molar-refractivity contribution < 1.29 is 22.3 Å². The van der Waals surface area contributed by atoms with Crippen LogP contribution in [0.25, 0.3) is 28.4 Å². The maximum atomic E-state index is 14.4. The van der Waals surface area contributed by atoms with E-state index >= 15 is 0 Å². The van der Waals surface area contributed by atoms with Gasteiger partial charge in [-0.15, -0.1) is 10.2 Å². The van der Waals surface area contributed by atoms with Crippen molar-refractivity contribution in [1.82, 2.24) is 24.7 Å². The second-order valence-electron chi connectivity index (χ2n) is 11.5. The lowest BCUT2D eigenvalue weighted by atomic mass is 10.0. The maximum Gasteiger partial charge on any atom is 0.246 e. The number of methoxy groups -OCH3 is 2. The number of benzene rings is 1. The number of sulfonamides is 1. The summed E-state index contributed by atoms with van der Waals surface area (Å²) in [6, 6.07) is 14.9. The smallest absolute Gasteiger partial charge is 0.246 e. The van der Waals surface area contributed by atoms with Crippen LogP contribution in [0.4, 0.5) is 5.95 Å². The summed E-state index contributed by atoms with van der Waals surface area (Å²) in [6.07, 6.45) is 6.54. The molecule has 0 atom stereocenters. The SMILES string of the molecule is COc1cccc(OC)c1-n1c(-c2ccco2)nnc1N(CC[Si](C)(C)C)S(=O)(=O)CCc1ncc(Cl)cc1-c1cccnc1. The third-order valence-corrected chi connectivity index (χ3v) is 10.8. The molecule has 0 fully saturated rings. The molecule has 1 aromatic carbocycles. The first-order chi connectivity index (χ1) is 21.5. The summed E-state index contributed by atoms with van der Waals surface area (Å²) in [7, 11) is -2.65. The Labute approximate surface area is 268 Å². The molecule has 45 heavy (non-hydrogen) atoms. The topological polar surface area (TPSA) is 125 Å². The first-order valence-electron chi connectivity index (χ1n) is 14.3. The first kappa shape index (κ1) is 32.2. The normalized spacial score (nSPS) is 11.9. The molecule has 14 heteroatoms. The molecule has 5 rings (SSSR count). The Balaban J connectivity index is 1.63. The minimum atomic E-state index is -4.00. The van der Waals surface area contributed by atoms with Crippen LogP contribution in [0.2, 0.25) is 30.7 Å². The lowest BCUT2D eigenvalue weighted by molar-refractivity contribution is 0.391. The number of aromatic nitrogens is 5. The third-order valence-electron chi connectivity index (χ3n) is 7.14. The third kappa shape index (κ3) is 7.21. The molecule has 236 valence electrons. The number of pyridine rings is 2. The number of aryl methyl sites for hydroxylation is 1. The Morgan fingerprint density at radius 3 is 2.38 bits per heavy atom. The van der Waals surface area contributed by atoms with Gasteiger partial charge in [0.1, 0.15) is 17.2 Å². The Kier molecular flexibility index (Phi) is 9.61. The Morgan fingerprint density at radius 1 is 1.00 bits per heavy atom. The van der Waals surface area contributed by atoms with Crippen molar-refractivity contribution >= 4 is 35.6 Å². The predicted molar refractivity (Wildman–Crippen MR) is 178 cm³/mol. The van der Waals surface area contributed by atoms with Gasteiger partial charge in [0.15, 0.2) is 5.76 Å². The van der Waals surface area contributed by atoms with Crippen LogP contribution in [0.3, 0.4) is 0 Å². The Bertz CT molecular complexity index is 1840. The van der Waals surface area contributed by atoms with Gasteiger partial charge in [0, 0.05) is 56.5 Å². The fraction of sp³-hybridized carbons (Fsp3) is 0.290. The van der Waals surface area contributed by atoms with E-state index in [2.05, 4.69) is 39.8 Å². The van der Waals surface area contributed by atoms with Crippen LogP contribution in [0, 0.1) is 0 Å². The van der Waals surface area contributed by atoms with Crippen molar-refractivity contribution in [2.75, 3.05) is 30.8 Å². The molecular weight excluding hydrogens is 632 g/mol. The molecule has 0 amide bonds. The highest BCUT2D eigenvalue weighted by molar-refractivity contribution is 7.92. The van der Waals surface area contributed by atoms with Gasteiger partial charge >= 0.3 is 0 Å². The Morgan fingerprint density at radius 2 is 1.76 bits per heavy atom. The molecule has 0 unspecified atom stereocenters. The zero-order valence-corrected chi connectivity index (χ0v) is 28.3. The monoisotopic (exact) mass is 666 g/mol.